The van der Waals surface area contributed by atoms with Gasteiger partial charge in [0.05, 0.1) is 21.8 Å². The van der Waals surface area contributed by atoms with Gasteiger partial charge < -0.3 is 5.11 Å². The van der Waals surface area contributed by atoms with Gasteiger partial charge in [-0.3, -0.25) is 14.5 Å². The van der Waals surface area contributed by atoms with Gasteiger partial charge in [-0.25, -0.2) is 4.98 Å². The molecule has 1 aromatic heterocycles. The lowest BCUT2D eigenvalue weighted by Gasteiger charge is -2.23. The van der Waals surface area contributed by atoms with Crippen molar-refractivity contribution in [2.45, 2.75) is 6.04 Å². The van der Waals surface area contributed by atoms with Gasteiger partial charge in [0.1, 0.15) is 5.76 Å². The van der Waals surface area contributed by atoms with Crippen LogP contribution in [-0.2, 0) is 9.59 Å². The van der Waals surface area contributed by atoms with Crippen LogP contribution in [0, 0.1) is 0 Å². The van der Waals surface area contributed by atoms with Gasteiger partial charge in [0.2, 0.25) is 0 Å². The Morgan fingerprint density at radius 3 is 2.45 bits per heavy atom. The minimum atomic E-state index is -0.866. The number of aromatic nitrogens is 1. The van der Waals surface area contributed by atoms with Gasteiger partial charge in [-0.15, -0.1) is 0 Å². The number of hydrogen-bond donors (Lipinski definition) is 1. The SMILES string of the molecule is O=C1C(=O)N(c2nc3ccc(Cl)cc3s2)C(c2cccc(Br)c2)/C1=C(\O)c1ccc(Cl)cc1. The van der Waals surface area contributed by atoms with E-state index in [1.54, 1.807) is 54.6 Å². The molecule has 4 aromatic rings. The first-order valence-electron chi connectivity index (χ1n) is 9.72. The summed E-state index contributed by atoms with van der Waals surface area (Å²) in [6.07, 6.45) is 0. The number of aliphatic hydroxyl groups is 1. The van der Waals surface area contributed by atoms with E-state index in [9.17, 15) is 14.7 Å². The van der Waals surface area contributed by atoms with Gasteiger partial charge in [-0.05, 0) is 60.2 Å². The van der Waals surface area contributed by atoms with E-state index in [0.29, 0.717) is 31.8 Å². The first-order chi connectivity index (χ1) is 15.8. The van der Waals surface area contributed by atoms with Crippen LogP contribution in [0.25, 0.3) is 16.0 Å². The summed E-state index contributed by atoms with van der Waals surface area (Å²) in [4.78, 5) is 32.4. The van der Waals surface area contributed by atoms with Crippen LogP contribution >= 0.6 is 50.5 Å². The monoisotopic (exact) mass is 558 g/mol. The normalized spacial score (nSPS) is 17.8. The van der Waals surface area contributed by atoms with Crippen LogP contribution in [0.3, 0.4) is 0 Å². The molecule has 0 spiro atoms. The quantitative estimate of drug-likeness (QED) is 0.167. The molecule has 1 amide bonds. The van der Waals surface area contributed by atoms with Gasteiger partial charge in [-0.1, -0.05) is 62.6 Å². The smallest absolute Gasteiger partial charge is 0.301 e. The average molecular weight is 560 g/mol. The van der Waals surface area contributed by atoms with Crippen molar-refractivity contribution in [2.75, 3.05) is 4.90 Å². The summed E-state index contributed by atoms with van der Waals surface area (Å²) in [5.41, 5.74) is 1.68. The first kappa shape index (κ1) is 22.1. The predicted octanol–water partition coefficient (Wildman–Crippen LogP) is 6.99. The van der Waals surface area contributed by atoms with Crippen molar-refractivity contribution in [2.24, 2.45) is 0 Å². The molecule has 3 aromatic carbocycles. The van der Waals surface area contributed by atoms with Crippen molar-refractivity contribution in [3.8, 4) is 0 Å². The fraction of sp³-hybridized carbons (Fsp3) is 0.0417. The molecule has 5 nitrogen and oxygen atoms in total. The third kappa shape index (κ3) is 3.95. The molecule has 0 bridgehead atoms. The lowest BCUT2D eigenvalue weighted by molar-refractivity contribution is -0.132. The third-order valence-electron chi connectivity index (χ3n) is 5.27. The number of rotatable bonds is 3. The van der Waals surface area contributed by atoms with Crippen molar-refractivity contribution in [1.82, 2.24) is 4.98 Å². The molecule has 1 atom stereocenters. The second-order valence-electron chi connectivity index (χ2n) is 7.34. The molecular weight excluding hydrogens is 547 g/mol. The Kier molecular flexibility index (Phi) is 5.74. The molecule has 0 aliphatic carbocycles. The van der Waals surface area contributed by atoms with Gasteiger partial charge in [-0.2, -0.15) is 0 Å². The number of amides is 1. The number of carbonyl (C=O) groups is 2. The maximum atomic E-state index is 13.3. The fourth-order valence-electron chi connectivity index (χ4n) is 3.77. The summed E-state index contributed by atoms with van der Waals surface area (Å²) in [6, 6.07) is 18.0. The van der Waals surface area contributed by atoms with Gasteiger partial charge in [0.15, 0.2) is 5.13 Å². The minimum absolute atomic E-state index is 0.0160. The molecule has 1 fully saturated rings. The van der Waals surface area contributed by atoms with Crippen molar-refractivity contribution < 1.29 is 14.7 Å². The lowest BCUT2D eigenvalue weighted by atomic mass is 9.95. The van der Waals surface area contributed by atoms with Crippen molar-refractivity contribution in [3.05, 3.63) is 97.9 Å². The Labute approximate surface area is 211 Å². The molecule has 1 aliphatic heterocycles. The van der Waals surface area contributed by atoms with E-state index in [2.05, 4.69) is 20.9 Å². The van der Waals surface area contributed by atoms with E-state index in [1.807, 2.05) is 12.1 Å². The largest absolute Gasteiger partial charge is 0.507 e. The predicted molar refractivity (Wildman–Crippen MR) is 135 cm³/mol. The number of fused-ring (bicyclic) bond motifs is 1. The number of aliphatic hydroxyl groups excluding tert-OH is 1. The molecule has 1 aliphatic rings. The summed E-state index contributed by atoms with van der Waals surface area (Å²) in [5, 5.41) is 12.5. The Morgan fingerprint density at radius 2 is 1.73 bits per heavy atom. The van der Waals surface area contributed by atoms with Crippen molar-refractivity contribution >= 4 is 83.3 Å². The van der Waals surface area contributed by atoms with Gasteiger partial charge in [0, 0.05) is 20.1 Å². The highest BCUT2D eigenvalue weighted by Crippen LogP contribution is 2.44. The molecule has 5 rings (SSSR count). The van der Waals surface area contributed by atoms with Crippen LogP contribution in [0.1, 0.15) is 17.2 Å². The summed E-state index contributed by atoms with van der Waals surface area (Å²) < 4.78 is 1.55. The second-order valence-corrected chi connectivity index (χ2v) is 10.1. The molecule has 0 saturated carbocycles. The molecule has 1 unspecified atom stereocenters. The number of ketones is 1. The Balaban J connectivity index is 1.74. The van der Waals surface area contributed by atoms with E-state index in [0.717, 1.165) is 9.17 Å². The molecule has 33 heavy (non-hydrogen) atoms. The van der Waals surface area contributed by atoms with E-state index >= 15 is 0 Å². The van der Waals surface area contributed by atoms with Gasteiger partial charge >= 0.3 is 5.91 Å². The highest BCUT2D eigenvalue weighted by Gasteiger charge is 2.48. The zero-order valence-corrected chi connectivity index (χ0v) is 20.5. The van der Waals surface area contributed by atoms with E-state index in [-0.39, 0.29) is 11.3 Å². The number of halogens is 3. The molecule has 1 saturated heterocycles. The van der Waals surface area contributed by atoms with Crippen LogP contribution in [0.5, 0.6) is 0 Å². The summed E-state index contributed by atoms with van der Waals surface area (Å²) >= 11 is 16.8. The molecule has 0 radical (unpaired) electrons. The highest BCUT2D eigenvalue weighted by molar-refractivity contribution is 9.10. The van der Waals surface area contributed by atoms with Crippen LogP contribution in [0.2, 0.25) is 10.0 Å². The standard InChI is InChI=1S/C24H13BrCl2N2O3S/c25-14-3-1-2-13(10-14)20-19(21(30)12-4-6-15(26)7-5-12)22(31)23(32)29(20)24-28-17-9-8-16(27)11-18(17)33-24/h1-11,20,30H/b21-19+. The number of nitrogens with zero attached hydrogens (tertiary/aromatic N) is 2. The van der Waals surface area contributed by atoms with Crippen LogP contribution in [0.15, 0.2) is 76.8 Å². The van der Waals surface area contributed by atoms with Crippen molar-refractivity contribution in [1.29, 1.82) is 0 Å². The molecule has 164 valence electrons. The van der Waals surface area contributed by atoms with Crippen LogP contribution in [-0.4, -0.2) is 21.8 Å². The van der Waals surface area contributed by atoms with E-state index in [4.69, 9.17) is 23.2 Å². The van der Waals surface area contributed by atoms with Crippen LogP contribution in [0.4, 0.5) is 5.13 Å². The Bertz CT molecular complexity index is 1470. The van der Waals surface area contributed by atoms with Crippen molar-refractivity contribution in [3.63, 3.8) is 0 Å². The lowest BCUT2D eigenvalue weighted by Crippen LogP contribution is -2.29. The number of anilines is 1. The first-order valence-corrected chi connectivity index (χ1v) is 12.1. The Hall–Kier alpha value is -2.71. The number of Topliss-reactive ketones (excluding diaryl/α,β-unsaturated/α-hetero) is 1. The van der Waals surface area contributed by atoms with E-state index < -0.39 is 17.7 Å². The van der Waals surface area contributed by atoms with E-state index in [1.165, 1.54) is 16.2 Å². The third-order valence-corrected chi connectivity index (χ3v) is 7.27. The molecule has 2 heterocycles. The Morgan fingerprint density at radius 1 is 1.00 bits per heavy atom. The zero-order valence-electron chi connectivity index (χ0n) is 16.6. The maximum Gasteiger partial charge on any atom is 0.301 e. The topological polar surface area (TPSA) is 70.5 Å². The molecule has 1 N–H and O–H groups in total. The zero-order chi connectivity index (χ0) is 23.3. The summed E-state index contributed by atoms with van der Waals surface area (Å²) in [5.74, 6) is -1.83. The molecule has 9 heteroatoms. The number of thiazole rings is 1. The van der Waals surface area contributed by atoms with Gasteiger partial charge in [0.25, 0.3) is 5.78 Å². The maximum absolute atomic E-state index is 13.3. The van der Waals surface area contributed by atoms with Crippen LogP contribution < -0.4 is 4.90 Å². The minimum Gasteiger partial charge on any atom is -0.507 e. The highest BCUT2D eigenvalue weighted by atomic mass is 79.9. The average Bonchev–Trinajstić information content (AvgIpc) is 3.32. The fourth-order valence-corrected chi connectivity index (χ4v) is 5.59. The summed E-state index contributed by atoms with van der Waals surface area (Å²) in [7, 11) is 0. The summed E-state index contributed by atoms with van der Waals surface area (Å²) in [6.45, 7) is 0. The molecular formula is C24H13BrCl2N2O3S. The number of hydrogen-bond acceptors (Lipinski definition) is 5. The number of carbonyl (C=O) groups excluding carboxylic acids is 2. The second kappa shape index (κ2) is 8.57. The number of benzene rings is 3.